The lowest BCUT2D eigenvalue weighted by Gasteiger charge is -2.42. The predicted octanol–water partition coefficient (Wildman–Crippen LogP) is 18.4. The lowest BCUT2D eigenvalue weighted by Crippen LogP contribution is -2.33. The van der Waals surface area contributed by atoms with Crippen LogP contribution in [-0.2, 0) is 16.2 Å². The summed E-state index contributed by atoms with van der Waals surface area (Å²) in [5.41, 5.74) is 23.2. The zero-order valence-corrected chi connectivity index (χ0v) is 39.3. The monoisotopic (exact) mass is 865 g/mol. The molecule has 0 N–H and O–H groups in total. The van der Waals surface area contributed by atoms with Crippen molar-refractivity contribution in [3.05, 3.63) is 222 Å². The summed E-state index contributed by atoms with van der Waals surface area (Å²) in [7, 11) is 0. The van der Waals surface area contributed by atoms with Crippen LogP contribution in [0.1, 0.15) is 76.6 Å². The Bertz CT molecular complexity index is 3520. The molecule has 2 aliphatic carbocycles. The molecule has 0 fully saturated rings. The van der Waals surface area contributed by atoms with Crippen molar-refractivity contribution in [3.8, 4) is 55.6 Å². The summed E-state index contributed by atoms with van der Waals surface area (Å²) in [6, 6.07) is 73.9. The molecule has 2 heteroatoms. The lowest BCUT2D eigenvalue weighted by molar-refractivity contribution is 0.332. The van der Waals surface area contributed by atoms with Gasteiger partial charge in [-0.1, -0.05) is 175 Å². The van der Waals surface area contributed by atoms with Gasteiger partial charge in [-0.25, -0.2) is 0 Å². The molecule has 0 aliphatic heterocycles. The molecule has 0 unspecified atom stereocenters. The zero-order valence-electron chi connectivity index (χ0n) is 39.3. The molecule has 1 aromatic heterocycles. The van der Waals surface area contributed by atoms with Gasteiger partial charge in [-0.2, -0.15) is 0 Å². The van der Waals surface area contributed by atoms with Gasteiger partial charge in [0.25, 0.3) is 0 Å². The van der Waals surface area contributed by atoms with Gasteiger partial charge >= 0.3 is 0 Å². The highest BCUT2D eigenvalue weighted by molar-refractivity contribution is 6.07. The molecular formula is C65H55NO. The van der Waals surface area contributed by atoms with Gasteiger partial charge in [0.05, 0.1) is 0 Å². The molecule has 0 atom stereocenters. The molecule has 0 amide bonds. The average Bonchev–Trinajstić information content (AvgIpc) is 3.83. The Balaban J connectivity index is 0.997. The number of rotatable bonds is 7. The highest BCUT2D eigenvalue weighted by atomic mass is 16.3. The van der Waals surface area contributed by atoms with E-state index < -0.39 is 0 Å². The van der Waals surface area contributed by atoms with Crippen molar-refractivity contribution in [1.29, 1.82) is 0 Å². The third-order valence-corrected chi connectivity index (χ3v) is 15.4. The molecule has 10 aromatic rings. The van der Waals surface area contributed by atoms with Crippen molar-refractivity contribution < 1.29 is 4.42 Å². The molecule has 1 heterocycles. The Morgan fingerprint density at radius 2 is 0.836 bits per heavy atom. The second-order valence-corrected chi connectivity index (χ2v) is 20.8. The van der Waals surface area contributed by atoms with Crippen molar-refractivity contribution in [2.45, 2.75) is 70.6 Å². The van der Waals surface area contributed by atoms with Crippen molar-refractivity contribution in [3.63, 3.8) is 0 Å². The summed E-state index contributed by atoms with van der Waals surface area (Å²) in [4.78, 5) is 2.36. The largest absolute Gasteiger partial charge is 0.456 e. The van der Waals surface area contributed by atoms with E-state index >= 15 is 0 Å². The zero-order chi connectivity index (χ0) is 45.7. The van der Waals surface area contributed by atoms with Gasteiger partial charge in [0.1, 0.15) is 11.2 Å². The van der Waals surface area contributed by atoms with Crippen LogP contribution in [0.15, 0.2) is 205 Å². The third-order valence-electron chi connectivity index (χ3n) is 15.4. The fourth-order valence-electron chi connectivity index (χ4n) is 11.4. The number of fused-ring (bicyclic) bond motifs is 7. The first kappa shape index (κ1) is 41.0. The van der Waals surface area contributed by atoms with Crippen LogP contribution in [-0.4, -0.2) is 0 Å². The minimum Gasteiger partial charge on any atom is -0.456 e. The Labute approximate surface area is 395 Å². The summed E-state index contributed by atoms with van der Waals surface area (Å²) in [6.45, 7) is 14.5. The molecule has 9 aromatic carbocycles. The third kappa shape index (κ3) is 6.84. The van der Waals surface area contributed by atoms with Gasteiger partial charge in [-0.15, -0.1) is 0 Å². The van der Waals surface area contributed by atoms with Crippen LogP contribution in [0.3, 0.4) is 0 Å². The molecule has 0 saturated carbocycles. The Morgan fingerprint density at radius 3 is 1.52 bits per heavy atom. The predicted molar refractivity (Wildman–Crippen MR) is 283 cm³/mol. The molecule has 67 heavy (non-hydrogen) atoms. The minimum atomic E-state index is -0.123. The SMILES string of the molecule is CC1(C)CCC(C)(C)c2cc(-c3cc4c(cc3-c3ccc(N(c5ccc(-c6ccccc6)cc5)c5ccc6c(c5)oc5cc(-c7ccccc7)ccc56)cc3)C(C)(C)c3ccccc3-4)ccc21. The van der Waals surface area contributed by atoms with Crippen LogP contribution in [0.25, 0.3) is 77.6 Å². The first-order chi connectivity index (χ1) is 32.4. The van der Waals surface area contributed by atoms with Crippen molar-refractivity contribution in [2.24, 2.45) is 0 Å². The number of furan rings is 1. The van der Waals surface area contributed by atoms with E-state index in [1.165, 1.54) is 85.2 Å². The smallest absolute Gasteiger partial charge is 0.137 e. The van der Waals surface area contributed by atoms with E-state index in [4.69, 9.17) is 4.42 Å². The topological polar surface area (TPSA) is 16.4 Å². The number of hydrogen-bond donors (Lipinski definition) is 0. The van der Waals surface area contributed by atoms with E-state index in [1.807, 2.05) is 0 Å². The van der Waals surface area contributed by atoms with Crippen LogP contribution < -0.4 is 4.90 Å². The second kappa shape index (κ2) is 15.3. The maximum Gasteiger partial charge on any atom is 0.137 e. The summed E-state index contributed by atoms with van der Waals surface area (Å²) >= 11 is 0. The van der Waals surface area contributed by atoms with E-state index in [0.29, 0.717) is 0 Å². The molecule has 0 radical (unpaired) electrons. The van der Waals surface area contributed by atoms with Crippen LogP contribution >= 0.6 is 0 Å². The average molecular weight is 866 g/mol. The molecule has 12 rings (SSSR count). The Kier molecular flexibility index (Phi) is 9.39. The standard InChI is InChI=1S/C65H55NO/c1-63(2)35-36-64(3,4)60-37-47(26-34-58(60)63)54-40-56-51-19-13-14-20-57(51)65(5,6)59(56)41-55(54)45-23-29-49(30-24-45)66(48-27-21-44(22-28-48)42-15-9-7-10-16-42)50-31-33-53-52-32-25-46(43-17-11-8-12-18-43)38-61(52)67-62(53)39-50/h7-34,37-41H,35-36H2,1-6H3. The Hall–Kier alpha value is -7.42. The van der Waals surface area contributed by atoms with Gasteiger partial charge in [0.15, 0.2) is 0 Å². The van der Waals surface area contributed by atoms with E-state index in [2.05, 4.69) is 247 Å². The molecule has 0 spiro atoms. The van der Waals surface area contributed by atoms with Crippen molar-refractivity contribution in [2.75, 3.05) is 4.90 Å². The van der Waals surface area contributed by atoms with Crippen LogP contribution in [0.2, 0.25) is 0 Å². The van der Waals surface area contributed by atoms with Crippen molar-refractivity contribution in [1.82, 2.24) is 0 Å². The highest BCUT2D eigenvalue weighted by Gasteiger charge is 2.39. The number of benzene rings is 9. The molecule has 326 valence electrons. The van der Waals surface area contributed by atoms with E-state index in [-0.39, 0.29) is 16.2 Å². The first-order valence-electron chi connectivity index (χ1n) is 23.9. The summed E-state index contributed by atoms with van der Waals surface area (Å²) in [5, 5.41) is 2.23. The summed E-state index contributed by atoms with van der Waals surface area (Å²) in [5.74, 6) is 0. The molecule has 0 bridgehead atoms. The molecule has 2 nitrogen and oxygen atoms in total. The summed E-state index contributed by atoms with van der Waals surface area (Å²) in [6.07, 6.45) is 2.38. The fourth-order valence-corrected chi connectivity index (χ4v) is 11.4. The Morgan fingerprint density at radius 1 is 0.328 bits per heavy atom. The maximum absolute atomic E-state index is 6.70. The quantitative estimate of drug-likeness (QED) is 0.159. The van der Waals surface area contributed by atoms with Crippen molar-refractivity contribution >= 4 is 39.0 Å². The maximum atomic E-state index is 6.70. The van der Waals surface area contributed by atoms with E-state index in [0.717, 1.165) is 44.6 Å². The molecule has 0 saturated heterocycles. The molecule has 2 aliphatic rings. The van der Waals surface area contributed by atoms with E-state index in [9.17, 15) is 0 Å². The van der Waals surface area contributed by atoms with Gasteiger partial charge < -0.3 is 9.32 Å². The van der Waals surface area contributed by atoms with Gasteiger partial charge in [0.2, 0.25) is 0 Å². The summed E-state index contributed by atoms with van der Waals surface area (Å²) < 4.78 is 6.70. The van der Waals surface area contributed by atoms with Crippen LogP contribution in [0.4, 0.5) is 17.1 Å². The van der Waals surface area contributed by atoms with Gasteiger partial charge in [0, 0.05) is 39.3 Å². The van der Waals surface area contributed by atoms with Gasteiger partial charge in [-0.3, -0.25) is 0 Å². The fraction of sp³-hybridized carbons (Fsp3) is 0.169. The van der Waals surface area contributed by atoms with E-state index in [1.54, 1.807) is 0 Å². The molecular weight excluding hydrogens is 811 g/mol. The van der Waals surface area contributed by atoms with Crippen LogP contribution in [0.5, 0.6) is 0 Å². The highest BCUT2D eigenvalue weighted by Crippen LogP contribution is 2.53. The normalized spacial score (nSPS) is 15.3. The number of nitrogens with zero attached hydrogens (tertiary/aromatic N) is 1. The lowest BCUT2D eigenvalue weighted by atomic mass is 9.63. The minimum absolute atomic E-state index is 0.104. The number of hydrogen-bond acceptors (Lipinski definition) is 2. The number of anilines is 3. The first-order valence-corrected chi connectivity index (χ1v) is 23.9. The van der Waals surface area contributed by atoms with Gasteiger partial charge in [-0.05, 0) is 162 Å². The second-order valence-electron chi connectivity index (χ2n) is 20.8. The van der Waals surface area contributed by atoms with Crippen LogP contribution in [0, 0.1) is 0 Å².